The molecule has 0 spiro atoms. The Kier molecular flexibility index (Phi) is 7.63. The number of benzene rings is 9. The molecule has 1 aliphatic rings. The Hall–Kier alpha value is -7.20. The number of rotatable bonds is 6. The van der Waals surface area contributed by atoms with Gasteiger partial charge in [0.2, 0.25) is 0 Å². The Labute approximate surface area is 351 Å². The maximum absolute atomic E-state index is 2.98. The standard InChI is InChI=1S/C57H42N2Si/c1-57(2)51-30-15-12-27-45(51)49-38-56-50(37-52(49)57)47-29-14-17-32-54(47)59(56)40-21-18-26-43(35-40)60(41-22-8-4-9-23-41,42-24-10-5-11-25-42)44-33-34-48-46-28-13-16-31-53(46)58(55(48)36-44)39-19-6-3-7-20-39/h3-38H,1-2H3. The summed E-state index contributed by atoms with van der Waals surface area (Å²) in [6.45, 7) is 4.75. The zero-order chi connectivity index (χ0) is 40.0. The molecule has 0 N–H and O–H groups in total. The molecule has 2 heterocycles. The first-order chi connectivity index (χ1) is 29.5. The number of nitrogens with zero attached hydrogens (tertiary/aromatic N) is 2. The molecule has 0 aliphatic heterocycles. The molecule has 0 bridgehead atoms. The van der Waals surface area contributed by atoms with Crippen molar-refractivity contribution in [3.05, 3.63) is 230 Å². The lowest BCUT2D eigenvalue weighted by Gasteiger charge is -2.35. The molecule has 284 valence electrons. The molecule has 0 saturated heterocycles. The SMILES string of the molecule is CC1(C)c2ccccc2-c2cc3c(cc21)c1ccccc1n3-c1cccc([Si](c2ccccc2)(c2ccccc2)c2ccc3c4ccccc4n(-c4ccccc4)c3c2)c1. The van der Waals surface area contributed by atoms with E-state index in [1.54, 1.807) is 0 Å². The van der Waals surface area contributed by atoms with Crippen molar-refractivity contribution in [3.8, 4) is 22.5 Å². The van der Waals surface area contributed by atoms with E-state index in [0.29, 0.717) is 0 Å². The van der Waals surface area contributed by atoms with Gasteiger partial charge < -0.3 is 9.13 Å². The van der Waals surface area contributed by atoms with Crippen LogP contribution in [-0.4, -0.2) is 17.2 Å². The van der Waals surface area contributed by atoms with Gasteiger partial charge in [-0.2, -0.15) is 0 Å². The maximum Gasteiger partial charge on any atom is 0.179 e. The number of hydrogen-bond acceptors (Lipinski definition) is 0. The summed E-state index contributed by atoms with van der Waals surface area (Å²) in [7, 11) is -2.98. The van der Waals surface area contributed by atoms with Crippen LogP contribution in [0.4, 0.5) is 0 Å². The average Bonchev–Trinajstić information content (AvgIpc) is 3.89. The highest BCUT2D eigenvalue weighted by Gasteiger charge is 2.42. The van der Waals surface area contributed by atoms with Crippen molar-refractivity contribution in [1.82, 2.24) is 9.13 Å². The van der Waals surface area contributed by atoms with Crippen LogP contribution in [-0.2, 0) is 5.41 Å². The number of fused-ring (bicyclic) bond motifs is 9. The first kappa shape index (κ1) is 34.8. The molecule has 0 saturated carbocycles. The summed E-state index contributed by atoms with van der Waals surface area (Å²) in [6.07, 6.45) is 0. The van der Waals surface area contributed by atoms with Gasteiger partial charge in [0.25, 0.3) is 0 Å². The zero-order valence-corrected chi connectivity index (χ0v) is 34.7. The molecule has 0 atom stereocenters. The van der Waals surface area contributed by atoms with Crippen molar-refractivity contribution in [3.63, 3.8) is 0 Å². The van der Waals surface area contributed by atoms with Crippen molar-refractivity contribution in [2.75, 3.05) is 0 Å². The van der Waals surface area contributed by atoms with Crippen molar-refractivity contribution >= 4 is 72.4 Å². The first-order valence-corrected chi connectivity index (χ1v) is 23.0. The normalized spacial score (nSPS) is 13.3. The largest absolute Gasteiger partial charge is 0.309 e. The predicted octanol–water partition coefficient (Wildman–Crippen LogP) is 11.6. The van der Waals surface area contributed by atoms with Gasteiger partial charge in [0, 0.05) is 38.3 Å². The molecule has 0 fully saturated rings. The monoisotopic (exact) mass is 782 g/mol. The van der Waals surface area contributed by atoms with Crippen LogP contribution >= 0.6 is 0 Å². The van der Waals surface area contributed by atoms with Gasteiger partial charge >= 0.3 is 0 Å². The minimum Gasteiger partial charge on any atom is -0.309 e. The van der Waals surface area contributed by atoms with E-state index in [1.807, 2.05) is 0 Å². The van der Waals surface area contributed by atoms with Crippen LogP contribution in [0.15, 0.2) is 218 Å². The summed E-state index contributed by atoms with van der Waals surface area (Å²) in [5.74, 6) is 0. The summed E-state index contributed by atoms with van der Waals surface area (Å²) in [5, 5.41) is 10.5. The molecule has 0 unspecified atom stereocenters. The van der Waals surface area contributed by atoms with E-state index in [0.717, 1.165) is 0 Å². The second-order valence-electron chi connectivity index (χ2n) is 16.9. The Bertz CT molecular complexity index is 3410. The zero-order valence-electron chi connectivity index (χ0n) is 33.7. The molecule has 60 heavy (non-hydrogen) atoms. The quantitative estimate of drug-likeness (QED) is 0.117. The van der Waals surface area contributed by atoms with E-state index >= 15 is 0 Å². The molecule has 2 aromatic heterocycles. The lowest BCUT2D eigenvalue weighted by Crippen LogP contribution is -2.74. The van der Waals surface area contributed by atoms with Crippen LogP contribution in [0.2, 0.25) is 0 Å². The third kappa shape index (κ3) is 4.87. The Morgan fingerprint density at radius 1 is 0.317 bits per heavy atom. The van der Waals surface area contributed by atoms with Gasteiger partial charge in [-0.3, -0.25) is 0 Å². The van der Waals surface area contributed by atoms with Gasteiger partial charge in [-0.15, -0.1) is 0 Å². The molecule has 9 aromatic carbocycles. The van der Waals surface area contributed by atoms with Gasteiger partial charge in [0.05, 0.1) is 22.1 Å². The van der Waals surface area contributed by atoms with Crippen LogP contribution in [0, 0.1) is 0 Å². The average molecular weight is 783 g/mol. The lowest BCUT2D eigenvalue weighted by atomic mass is 9.82. The maximum atomic E-state index is 2.52. The number of aromatic nitrogens is 2. The van der Waals surface area contributed by atoms with Crippen LogP contribution in [0.1, 0.15) is 25.0 Å². The highest BCUT2D eigenvalue weighted by molar-refractivity contribution is 7.20. The summed E-state index contributed by atoms with van der Waals surface area (Å²) in [5.41, 5.74) is 12.6. The van der Waals surface area contributed by atoms with E-state index in [9.17, 15) is 0 Å². The summed E-state index contributed by atoms with van der Waals surface area (Å²) in [4.78, 5) is 0. The third-order valence-electron chi connectivity index (χ3n) is 13.4. The fourth-order valence-electron chi connectivity index (χ4n) is 10.8. The van der Waals surface area contributed by atoms with Gasteiger partial charge in [-0.05, 0) is 97.6 Å². The van der Waals surface area contributed by atoms with Crippen LogP contribution in [0.5, 0.6) is 0 Å². The lowest BCUT2D eigenvalue weighted by molar-refractivity contribution is 0.661. The van der Waals surface area contributed by atoms with E-state index in [2.05, 4.69) is 241 Å². The molecule has 11 aromatic rings. The molecule has 0 amide bonds. The van der Waals surface area contributed by atoms with E-state index in [-0.39, 0.29) is 5.41 Å². The summed E-state index contributed by atoms with van der Waals surface area (Å²) >= 11 is 0. The minimum atomic E-state index is -2.98. The molecule has 12 rings (SSSR count). The molecular formula is C57H42N2Si. The number of hydrogen-bond donors (Lipinski definition) is 0. The van der Waals surface area contributed by atoms with Crippen LogP contribution in [0.25, 0.3) is 66.1 Å². The van der Waals surface area contributed by atoms with Gasteiger partial charge in [-0.1, -0.05) is 178 Å². The Morgan fingerprint density at radius 2 is 0.817 bits per heavy atom. The summed E-state index contributed by atoms with van der Waals surface area (Å²) < 4.78 is 4.98. The topological polar surface area (TPSA) is 9.86 Å². The minimum absolute atomic E-state index is 0.0763. The molecule has 2 nitrogen and oxygen atoms in total. The summed E-state index contributed by atoms with van der Waals surface area (Å²) in [6, 6.07) is 82.1. The van der Waals surface area contributed by atoms with Crippen LogP contribution < -0.4 is 20.7 Å². The van der Waals surface area contributed by atoms with E-state index in [4.69, 9.17) is 0 Å². The van der Waals surface area contributed by atoms with E-state index in [1.165, 1.54) is 98.0 Å². The van der Waals surface area contributed by atoms with Crippen molar-refractivity contribution < 1.29 is 0 Å². The number of para-hydroxylation sites is 3. The third-order valence-corrected chi connectivity index (χ3v) is 18.2. The smallest absolute Gasteiger partial charge is 0.179 e. The van der Waals surface area contributed by atoms with Crippen molar-refractivity contribution in [2.45, 2.75) is 19.3 Å². The Balaban J connectivity index is 1.16. The predicted molar refractivity (Wildman–Crippen MR) is 256 cm³/mol. The molecule has 3 heteroatoms. The van der Waals surface area contributed by atoms with Crippen molar-refractivity contribution in [2.24, 2.45) is 0 Å². The fourth-order valence-corrected chi connectivity index (χ4v) is 15.5. The molecule has 1 aliphatic carbocycles. The van der Waals surface area contributed by atoms with Gasteiger partial charge in [0.1, 0.15) is 0 Å². The highest BCUT2D eigenvalue weighted by Crippen LogP contribution is 2.51. The Morgan fingerprint density at radius 3 is 1.52 bits per heavy atom. The molecular weight excluding hydrogens is 741 g/mol. The van der Waals surface area contributed by atoms with Crippen LogP contribution in [0.3, 0.4) is 0 Å². The van der Waals surface area contributed by atoms with Gasteiger partial charge in [0.15, 0.2) is 8.07 Å². The van der Waals surface area contributed by atoms with Gasteiger partial charge in [-0.25, -0.2) is 0 Å². The van der Waals surface area contributed by atoms with Crippen molar-refractivity contribution in [1.29, 1.82) is 0 Å². The highest BCUT2D eigenvalue weighted by atomic mass is 28.3. The molecule has 0 radical (unpaired) electrons. The second-order valence-corrected chi connectivity index (χ2v) is 20.7. The fraction of sp³-hybridized carbons (Fsp3) is 0.0526. The first-order valence-electron chi connectivity index (χ1n) is 21.0. The van der Waals surface area contributed by atoms with E-state index < -0.39 is 8.07 Å². The second kappa shape index (κ2) is 13.2.